The average molecular weight is 270 g/mol. The van der Waals surface area contributed by atoms with Gasteiger partial charge < -0.3 is 15.3 Å². The van der Waals surface area contributed by atoms with E-state index in [1.54, 1.807) is 0 Å². The molecule has 4 heteroatoms. The Bertz CT molecular complexity index is 286. The van der Waals surface area contributed by atoms with E-state index in [-0.39, 0.29) is 17.4 Å². The van der Waals surface area contributed by atoms with Crippen molar-refractivity contribution in [2.24, 2.45) is 11.3 Å². The lowest BCUT2D eigenvalue weighted by Crippen LogP contribution is -2.45. The van der Waals surface area contributed by atoms with Gasteiger partial charge in [-0.15, -0.1) is 0 Å². The number of carbonyl (C=O) groups is 1. The molecule has 0 aromatic carbocycles. The van der Waals surface area contributed by atoms with Crippen LogP contribution in [-0.2, 0) is 4.79 Å². The molecule has 0 unspecified atom stereocenters. The zero-order chi connectivity index (χ0) is 14.5. The van der Waals surface area contributed by atoms with Gasteiger partial charge >= 0.3 is 0 Å². The molecule has 0 spiro atoms. The Morgan fingerprint density at radius 1 is 1.47 bits per heavy atom. The Kier molecular flexibility index (Phi) is 6.27. The third-order valence-electron chi connectivity index (χ3n) is 3.78. The lowest BCUT2D eigenvalue weighted by atomic mass is 9.94. The van der Waals surface area contributed by atoms with E-state index in [9.17, 15) is 9.90 Å². The van der Waals surface area contributed by atoms with Crippen LogP contribution in [0.3, 0.4) is 0 Å². The molecule has 0 radical (unpaired) electrons. The van der Waals surface area contributed by atoms with E-state index in [0.717, 1.165) is 39.0 Å². The fraction of sp³-hybridized carbons (Fsp3) is 0.933. The van der Waals surface area contributed by atoms with Crippen LogP contribution >= 0.6 is 0 Å². The highest BCUT2D eigenvalue weighted by atomic mass is 16.3. The van der Waals surface area contributed by atoms with Crippen molar-refractivity contribution in [2.75, 3.05) is 26.2 Å². The smallest absolute Gasteiger partial charge is 0.225 e. The largest absolute Gasteiger partial charge is 0.392 e. The maximum atomic E-state index is 11.8. The predicted octanol–water partition coefficient (Wildman–Crippen LogP) is 1.63. The number of amides is 1. The number of likely N-dealkylation sites (tertiary alicyclic amines) is 1. The van der Waals surface area contributed by atoms with Gasteiger partial charge in [-0.2, -0.15) is 0 Å². The Morgan fingerprint density at radius 3 is 2.74 bits per heavy atom. The molecular weight excluding hydrogens is 240 g/mol. The first-order chi connectivity index (χ1) is 8.82. The second kappa shape index (κ2) is 7.25. The van der Waals surface area contributed by atoms with Crippen molar-refractivity contribution in [2.45, 2.75) is 53.1 Å². The molecule has 0 saturated carbocycles. The van der Waals surface area contributed by atoms with Crippen LogP contribution in [0.1, 0.15) is 47.0 Å². The molecular formula is C15H30N2O2. The highest BCUT2D eigenvalue weighted by Gasteiger charge is 2.25. The molecule has 0 aromatic rings. The number of aliphatic hydroxyl groups excluding tert-OH is 1. The van der Waals surface area contributed by atoms with Crippen LogP contribution in [0, 0.1) is 11.3 Å². The van der Waals surface area contributed by atoms with Crippen molar-refractivity contribution in [3.05, 3.63) is 0 Å². The van der Waals surface area contributed by atoms with Crippen LogP contribution in [-0.4, -0.2) is 48.2 Å². The Balaban J connectivity index is 2.33. The van der Waals surface area contributed by atoms with Crippen LogP contribution in [0.15, 0.2) is 0 Å². The van der Waals surface area contributed by atoms with Crippen LogP contribution in [0.5, 0.6) is 0 Å². The Hall–Kier alpha value is -0.610. The number of aliphatic hydroxyl groups is 1. The number of β-amino-alcohol motifs (C(OH)–C–C–N with tert-alkyl or cyclic N) is 1. The lowest BCUT2D eigenvalue weighted by Gasteiger charge is -2.34. The number of nitrogens with zero attached hydrogens (tertiary/aromatic N) is 1. The van der Waals surface area contributed by atoms with E-state index in [1.807, 2.05) is 27.7 Å². The zero-order valence-electron chi connectivity index (χ0n) is 12.9. The van der Waals surface area contributed by atoms with Gasteiger partial charge in [0, 0.05) is 25.0 Å². The molecule has 1 fully saturated rings. The fourth-order valence-corrected chi connectivity index (χ4v) is 2.41. The summed E-state index contributed by atoms with van der Waals surface area (Å²) in [5, 5.41) is 12.8. The van der Waals surface area contributed by atoms with Crippen molar-refractivity contribution < 1.29 is 9.90 Å². The predicted molar refractivity (Wildman–Crippen MR) is 77.9 cm³/mol. The molecule has 1 aliphatic rings. The Labute approximate surface area is 117 Å². The van der Waals surface area contributed by atoms with E-state index < -0.39 is 0 Å². The number of nitrogens with one attached hydrogen (secondary N) is 1. The number of piperidine rings is 1. The van der Waals surface area contributed by atoms with Gasteiger partial charge in [0.25, 0.3) is 0 Å². The van der Waals surface area contributed by atoms with E-state index >= 15 is 0 Å². The summed E-state index contributed by atoms with van der Waals surface area (Å²) in [4.78, 5) is 14.2. The van der Waals surface area contributed by atoms with Gasteiger partial charge in [-0.05, 0) is 31.7 Å². The summed E-state index contributed by atoms with van der Waals surface area (Å²) in [5.41, 5.74) is -0.313. The summed E-state index contributed by atoms with van der Waals surface area (Å²) in [6, 6.07) is 0. The SMILES string of the molecule is CC[C@H](O)CN1CCC[C@H](CNC(=O)C(C)(C)C)C1. The van der Waals surface area contributed by atoms with Gasteiger partial charge in [0.1, 0.15) is 0 Å². The molecule has 19 heavy (non-hydrogen) atoms. The van der Waals surface area contributed by atoms with Gasteiger partial charge in [-0.3, -0.25) is 4.79 Å². The monoisotopic (exact) mass is 270 g/mol. The van der Waals surface area contributed by atoms with Crippen LogP contribution in [0.25, 0.3) is 0 Å². The van der Waals surface area contributed by atoms with Crippen LogP contribution < -0.4 is 5.32 Å². The summed E-state index contributed by atoms with van der Waals surface area (Å²) in [6.45, 7) is 11.4. The molecule has 112 valence electrons. The summed E-state index contributed by atoms with van der Waals surface area (Å²) in [6.07, 6.45) is 2.92. The minimum atomic E-state index is -0.313. The highest BCUT2D eigenvalue weighted by molar-refractivity contribution is 5.81. The summed E-state index contributed by atoms with van der Waals surface area (Å²) in [7, 11) is 0. The standard InChI is InChI=1S/C15H30N2O2/c1-5-13(18)11-17-8-6-7-12(10-17)9-16-14(19)15(2,3)4/h12-13,18H,5-11H2,1-4H3,(H,16,19)/t12-,13+/m1/s1. The van der Waals surface area contributed by atoms with Gasteiger partial charge in [0.15, 0.2) is 0 Å². The molecule has 1 aliphatic heterocycles. The zero-order valence-corrected chi connectivity index (χ0v) is 12.9. The molecule has 1 heterocycles. The lowest BCUT2D eigenvalue weighted by molar-refractivity contribution is -0.128. The third kappa shape index (κ3) is 5.91. The molecule has 0 aliphatic carbocycles. The first-order valence-corrected chi connectivity index (χ1v) is 7.51. The molecule has 2 atom stereocenters. The summed E-state index contributed by atoms with van der Waals surface area (Å²) < 4.78 is 0. The molecule has 1 amide bonds. The van der Waals surface area contributed by atoms with Crippen molar-refractivity contribution in [3.8, 4) is 0 Å². The Morgan fingerprint density at radius 2 is 2.16 bits per heavy atom. The maximum absolute atomic E-state index is 11.8. The number of carbonyl (C=O) groups excluding carboxylic acids is 1. The van der Waals surface area contributed by atoms with Crippen LogP contribution in [0.2, 0.25) is 0 Å². The van der Waals surface area contributed by atoms with Gasteiger partial charge in [-0.1, -0.05) is 27.7 Å². The summed E-state index contributed by atoms with van der Waals surface area (Å²) in [5.74, 6) is 0.641. The average Bonchev–Trinajstić information content (AvgIpc) is 2.35. The van der Waals surface area contributed by atoms with E-state index in [4.69, 9.17) is 0 Å². The molecule has 0 aromatic heterocycles. The molecule has 4 nitrogen and oxygen atoms in total. The first-order valence-electron chi connectivity index (χ1n) is 7.51. The van der Waals surface area contributed by atoms with Crippen molar-refractivity contribution in [3.63, 3.8) is 0 Å². The molecule has 2 N–H and O–H groups in total. The highest BCUT2D eigenvalue weighted by Crippen LogP contribution is 2.18. The maximum Gasteiger partial charge on any atom is 0.225 e. The third-order valence-corrected chi connectivity index (χ3v) is 3.78. The van der Waals surface area contributed by atoms with E-state index in [2.05, 4.69) is 10.2 Å². The van der Waals surface area contributed by atoms with Crippen molar-refractivity contribution in [1.29, 1.82) is 0 Å². The molecule has 1 rings (SSSR count). The second-order valence-electron chi connectivity index (χ2n) is 6.79. The van der Waals surface area contributed by atoms with Crippen molar-refractivity contribution >= 4 is 5.91 Å². The van der Waals surface area contributed by atoms with Crippen LogP contribution in [0.4, 0.5) is 0 Å². The number of hydrogen-bond acceptors (Lipinski definition) is 3. The minimum Gasteiger partial charge on any atom is -0.392 e. The van der Waals surface area contributed by atoms with Crippen molar-refractivity contribution in [1.82, 2.24) is 10.2 Å². The molecule has 0 bridgehead atoms. The van der Waals surface area contributed by atoms with Gasteiger partial charge in [0.05, 0.1) is 6.10 Å². The fourth-order valence-electron chi connectivity index (χ4n) is 2.41. The topological polar surface area (TPSA) is 52.6 Å². The quantitative estimate of drug-likeness (QED) is 0.798. The van der Waals surface area contributed by atoms with Gasteiger partial charge in [0.2, 0.25) is 5.91 Å². The van der Waals surface area contributed by atoms with E-state index in [0.29, 0.717) is 5.92 Å². The minimum absolute atomic E-state index is 0.123. The van der Waals surface area contributed by atoms with Gasteiger partial charge in [-0.25, -0.2) is 0 Å². The normalized spacial score (nSPS) is 23.1. The molecule has 1 saturated heterocycles. The first kappa shape index (κ1) is 16.4. The summed E-state index contributed by atoms with van der Waals surface area (Å²) >= 11 is 0. The van der Waals surface area contributed by atoms with E-state index in [1.165, 1.54) is 6.42 Å². The number of hydrogen-bond donors (Lipinski definition) is 2. The number of rotatable bonds is 5. The second-order valence-corrected chi connectivity index (χ2v) is 6.79.